The lowest BCUT2D eigenvalue weighted by Gasteiger charge is -2.36. The van der Waals surface area contributed by atoms with Crippen LogP contribution in [0.15, 0.2) is 60.7 Å². The molecule has 2 aromatic carbocycles. The number of anilines is 1. The highest BCUT2D eigenvalue weighted by atomic mass is 16.5. The Hall–Kier alpha value is -4.14. The van der Waals surface area contributed by atoms with Gasteiger partial charge in [0.05, 0.1) is 18.5 Å². The number of aromatic nitrogens is 2. The second-order valence-electron chi connectivity index (χ2n) is 8.74. The highest BCUT2D eigenvalue weighted by Gasteiger charge is 2.42. The molecular weight excluding hydrogens is 446 g/mol. The Morgan fingerprint density at radius 3 is 2.40 bits per heavy atom. The van der Waals surface area contributed by atoms with Crippen molar-refractivity contribution in [2.24, 2.45) is 7.05 Å². The van der Waals surface area contributed by atoms with Crippen molar-refractivity contribution in [3.8, 4) is 17.0 Å². The SMILES string of the molecule is COc1ccccc1-c1cc(C(=O)N2CCC(N3CC(=O)N(c4ccccc4)C3=O)CC2)n(C)n1. The van der Waals surface area contributed by atoms with Crippen LogP contribution in [0.4, 0.5) is 10.5 Å². The molecule has 5 rings (SSSR count). The summed E-state index contributed by atoms with van der Waals surface area (Å²) in [4.78, 5) is 43.6. The number of rotatable bonds is 5. The number of para-hydroxylation sites is 2. The standard InChI is InChI=1S/C26H27N5O4/c1-28-22(16-21(27-28)20-10-6-7-11-23(20)35-2)25(33)29-14-12-18(13-15-29)30-17-24(32)31(26(30)34)19-8-4-3-5-9-19/h3-11,16,18H,12-15,17H2,1-2H3. The summed E-state index contributed by atoms with van der Waals surface area (Å²) in [7, 11) is 3.36. The number of benzene rings is 2. The topological polar surface area (TPSA) is 88.0 Å². The Labute approximate surface area is 203 Å². The van der Waals surface area contributed by atoms with E-state index in [1.54, 1.807) is 59.0 Å². The van der Waals surface area contributed by atoms with Crippen LogP contribution in [0.1, 0.15) is 23.3 Å². The molecule has 0 aliphatic carbocycles. The first-order chi connectivity index (χ1) is 17.0. The predicted octanol–water partition coefficient (Wildman–Crippen LogP) is 3.17. The number of likely N-dealkylation sites (tertiary alicyclic amines) is 1. The second kappa shape index (κ2) is 9.25. The number of hydrogen-bond acceptors (Lipinski definition) is 5. The van der Waals surface area contributed by atoms with Crippen molar-refractivity contribution in [3.05, 3.63) is 66.4 Å². The summed E-state index contributed by atoms with van der Waals surface area (Å²) < 4.78 is 7.03. The zero-order valence-corrected chi connectivity index (χ0v) is 19.8. The molecule has 0 spiro atoms. The summed E-state index contributed by atoms with van der Waals surface area (Å²) in [5, 5.41) is 4.53. The van der Waals surface area contributed by atoms with Crippen molar-refractivity contribution < 1.29 is 19.1 Å². The van der Waals surface area contributed by atoms with E-state index >= 15 is 0 Å². The van der Waals surface area contributed by atoms with Gasteiger partial charge in [-0.15, -0.1) is 0 Å². The van der Waals surface area contributed by atoms with E-state index in [9.17, 15) is 14.4 Å². The highest BCUT2D eigenvalue weighted by molar-refractivity contribution is 6.19. The Balaban J connectivity index is 1.26. The number of methoxy groups -OCH3 is 1. The largest absolute Gasteiger partial charge is 0.496 e. The average Bonchev–Trinajstić information content (AvgIpc) is 3.42. The van der Waals surface area contributed by atoms with E-state index in [1.165, 1.54) is 4.90 Å². The zero-order valence-electron chi connectivity index (χ0n) is 19.8. The van der Waals surface area contributed by atoms with Gasteiger partial charge in [-0.3, -0.25) is 14.3 Å². The van der Waals surface area contributed by atoms with Crippen LogP contribution >= 0.6 is 0 Å². The van der Waals surface area contributed by atoms with Crippen molar-refractivity contribution in [1.82, 2.24) is 19.6 Å². The van der Waals surface area contributed by atoms with Crippen LogP contribution in [-0.2, 0) is 11.8 Å². The van der Waals surface area contributed by atoms with Crippen molar-refractivity contribution in [3.63, 3.8) is 0 Å². The second-order valence-corrected chi connectivity index (χ2v) is 8.74. The lowest BCUT2D eigenvalue weighted by Crippen LogP contribution is -2.48. The summed E-state index contributed by atoms with van der Waals surface area (Å²) in [6, 6.07) is 17.9. The fraction of sp³-hybridized carbons (Fsp3) is 0.308. The number of piperidine rings is 1. The van der Waals surface area contributed by atoms with Gasteiger partial charge in [0.1, 0.15) is 18.0 Å². The highest BCUT2D eigenvalue weighted by Crippen LogP contribution is 2.30. The molecule has 2 aliphatic heterocycles. The average molecular weight is 474 g/mol. The number of carbonyl (C=O) groups is 3. The molecule has 0 unspecified atom stereocenters. The number of hydrogen-bond donors (Lipinski definition) is 0. The maximum absolute atomic E-state index is 13.3. The number of imide groups is 1. The third-order valence-corrected chi connectivity index (χ3v) is 6.68. The summed E-state index contributed by atoms with van der Waals surface area (Å²) in [6.45, 7) is 1.07. The molecule has 4 amide bonds. The van der Waals surface area contributed by atoms with E-state index in [0.717, 1.165) is 5.56 Å². The van der Waals surface area contributed by atoms with Crippen LogP contribution in [0.2, 0.25) is 0 Å². The lowest BCUT2D eigenvalue weighted by atomic mass is 10.0. The van der Waals surface area contributed by atoms with Crippen LogP contribution in [0, 0.1) is 0 Å². The van der Waals surface area contributed by atoms with Crippen molar-refractivity contribution in [1.29, 1.82) is 0 Å². The summed E-state index contributed by atoms with van der Waals surface area (Å²) >= 11 is 0. The van der Waals surface area contributed by atoms with Gasteiger partial charge in [0.2, 0.25) is 0 Å². The summed E-state index contributed by atoms with van der Waals surface area (Å²) in [5.41, 5.74) is 2.57. The molecule has 2 fully saturated rings. The first-order valence-corrected chi connectivity index (χ1v) is 11.6. The molecule has 2 aliphatic rings. The van der Waals surface area contributed by atoms with E-state index in [4.69, 9.17) is 4.74 Å². The van der Waals surface area contributed by atoms with Crippen LogP contribution in [-0.4, -0.2) is 70.2 Å². The monoisotopic (exact) mass is 473 g/mol. The van der Waals surface area contributed by atoms with Crippen LogP contribution < -0.4 is 9.64 Å². The third kappa shape index (κ3) is 4.14. The Morgan fingerprint density at radius 1 is 1.00 bits per heavy atom. The Bertz CT molecular complexity index is 1260. The minimum absolute atomic E-state index is 0.0658. The van der Waals surface area contributed by atoms with Gasteiger partial charge >= 0.3 is 6.03 Å². The predicted molar refractivity (Wildman–Crippen MR) is 130 cm³/mol. The fourth-order valence-corrected chi connectivity index (χ4v) is 4.83. The molecule has 0 saturated carbocycles. The van der Waals surface area contributed by atoms with E-state index in [-0.39, 0.29) is 30.4 Å². The zero-order chi connectivity index (χ0) is 24.5. The molecule has 2 saturated heterocycles. The van der Waals surface area contributed by atoms with E-state index in [0.29, 0.717) is 48.8 Å². The number of aryl methyl sites for hydroxylation is 1. The van der Waals surface area contributed by atoms with Gasteiger partial charge in [-0.2, -0.15) is 5.10 Å². The molecule has 0 bridgehead atoms. The van der Waals surface area contributed by atoms with Gasteiger partial charge in [-0.25, -0.2) is 9.69 Å². The van der Waals surface area contributed by atoms with Crippen LogP contribution in [0.5, 0.6) is 5.75 Å². The van der Waals surface area contributed by atoms with Crippen molar-refractivity contribution in [2.75, 3.05) is 31.6 Å². The number of amides is 4. The summed E-state index contributed by atoms with van der Waals surface area (Å²) in [5.74, 6) is 0.368. The number of urea groups is 1. The molecule has 0 radical (unpaired) electrons. The van der Waals surface area contributed by atoms with E-state index < -0.39 is 0 Å². The molecule has 9 heteroatoms. The van der Waals surface area contributed by atoms with E-state index in [2.05, 4.69) is 5.10 Å². The molecule has 0 N–H and O–H groups in total. The normalized spacial score (nSPS) is 16.8. The maximum Gasteiger partial charge on any atom is 0.332 e. The quantitative estimate of drug-likeness (QED) is 0.531. The Kier molecular flexibility index (Phi) is 5.98. The molecule has 3 aromatic rings. The smallest absolute Gasteiger partial charge is 0.332 e. The van der Waals surface area contributed by atoms with Gasteiger partial charge < -0.3 is 14.5 Å². The summed E-state index contributed by atoms with van der Waals surface area (Å²) in [6.07, 6.45) is 1.23. The lowest BCUT2D eigenvalue weighted by molar-refractivity contribution is -0.116. The first kappa shape index (κ1) is 22.6. The Morgan fingerprint density at radius 2 is 1.69 bits per heavy atom. The van der Waals surface area contributed by atoms with E-state index in [1.807, 2.05) is 30.3 Å². The van der Waals surface area contributed by atoms with Crippen molar-refractivity contribution >= 4 is 23.5 Å². The molecule has 1 aromatic heterocycles. The third-order valence-electron chi connectivity index (χ3n) is 6.68. The number of carbonyl (C=O) groups excluding carboxylic acids is 3. The molecular formula is C26H27N5O4. The minimum Gasteiger partial charge on any atom is -0.496 e. The van der Waals surface area contributed by atoms with Gasteiger partial charge in [-0.1, -0.05) is 30.3 Å². The molecule has 0 atom stereocenters. The van der Waals surface area contributed by atoms with Crippen LogP contribution in [0.3, 0.4) is 0 Å². The van der Waals surface area contributed by atoms with Gasteiger partial charge in [0.15, 0.2) is 0 Å². The van der Waals surface area contributed by atoms with Gasteiger partial charge in [0, 0.05) is 31.7 Å². The number of ether oxygens (including phenoxy) is 1. The first-order valence-electron chi connectivity index (χ1n) is 11.6. The van der Waals surface area contributed by atoms with Gasteiger partial charge in [0.25, 0.3) is 11.8 Å². The number of nitrogens with zero attached hydrogens (tertiary/aromatic N) is 5. The van der Waals surface area contributed by atoms with Crippen LogP contribution in [0.25, 0.3) is 11.3 Å². The maximum atomic E-state index is 13.3. The van der Waals surface area contributed by atoms with Crippen molar-refractivity contribution in [2.45, 2.75) is 18.9 Å². The minimum atomic E-state index is -0.293. The molecule has 3 heterocycles. The molecule has 180 valence electrons. The van der Waals surface area contributed by atoms with Gasteiger partial charge in [-0.05, 0) is 43.2 Å². The fourth-order valence-electron chi connectivity index (χ4n) is 4.83. The molecule has 35 heavy (non-hydrogen) atoms. The molecule has 9 nitrogen and oxygen atoms in total.